The molecule has 0 aliphatic heterocycles. The first-order valence-electron chi connectivity index (χ1n) is 7.72. The summed E-state index contributed by atoms with van der Waals surface area (Å²) in [6.45, 7) is 0. The Labute approximate surface area is 175 Å². The second-order valence-corrected chi connectivity index (χ2v) is 5.53. The average Bonchev–Trinajstić information content (AvgIpc) is 2.66. The summed E-state index contributed by atoms with van der Waals surface area (Å²) in [5.41, 5.74) is -3.21. The molecule has 19 heteroatoms. The summed E-state index contributed by atoms with van der Waals surface area (Å²) in [7, 11) is -5.21. The number of halogens is 11. The van der Waals surface area contributed by atoms with Gasteiger partial charge in [0.05, 0.1) is 11.1 Å². The Hall–Kier alpha value is -2.76. The van der Waals surface area contributed by atoms with Crippen LogP contribution in [-0.2, 0) is 12.4 Å². The molecular weight excluding hydrogens is 495 g/mol. The van der Waals surface area contributed by atoms with Crippen molar-refractivity contribution >= 4 is 14.6 Å². The second kappa shape index (κ2) is 10.4. The first-order valence-corrected chi connectivity index (χ1v) is 7.72. The fraction of sp³-hybridized carbons (Fsp3) is 0.143. The minimum Gasteiger partial charge on any atom is -0.512 e. The normalized spacial score (nSPS) is 11.5. The third-order valence-corrected chi connectivity index (χ3v) is 3.20. The first-order chi connectivity index (χ1) is 14.9. The lowest BCUT2D eigenvalue weighted by molar-refractivity contribution is -0.143. The molecule has 0 radical (unpaired) electrons. The Morgan fingerprint density at radius 3 is 1.18 bits per heavy atom. The molecule has 2 rings (SSSR count). The van der Waals surface area contributed by atoms with Gasteiger partial charge in [0.1, 0.15) is 5.75 Å². The zero-order valence-corrected chi connectivity index (χ0v) is 15.1. The summed E-state index contributed by atoms with van der Waals surface area (Å²) < 4.78 is 144. The molecule has 0 bridgehead atoms. The molecule has 0 fully saturated rings. The highest BCUT2D eigenvalue weighted by Crippen LogP contribution is 2.38. The van der Waals surface area contributed by atoms with Crippen LogP contribution in [-0.4, -0.2) is 34.7 Å². The molecule has 6 nitrogen and oxygen atoms in total. The molecule has 33 heavy (non-hydrogen) atoms. The van der Waals surface area contributed by atoms with E-state index in [2.05, 4.69) is 9.31 Å². The van der Waals surface area contributed by atoms with E-state index < -0.39 is 78.7 Å². The Balaban J connectivity index is 0.000000335. The molecule has 4 N–H and O–H groups in total. The average molecular weight is 502 g/mol. The van der Waals surface area contributed by atoms with E-state index in [1.807, 2.05) is 0 Å². The van der Waals surface area contributed by atoms with Gasteiger partial charge in [-0.05, 0) is 18.2 Å². The van der Waals surface area contributed by atoms with Gasteiger partial charge in [-0.2, -0.15) is 35.1 Å². The Morgan fingerprint density at radius 1 is 0.545 bits per heavy atom. The molecule has 0 aliphatic carbocycles. The van der Waals surface area contributed by atoms with Gasteiger partial charge in [-0.1, -0.05) is 0 Å². The van der Waals surface area contributed by atoms with E-state index in [0.717, 1.165) is 0 Å². The zero-order valence-electron chi connectivity index (χ0n) is 15.1. The van der Waals surface area contributed by atoms with Crippen molar-refractivity contribution in [3.8, 4) is 11.5 Å². The zero-order chi connectivity index (χ0) is 25.9. The molecule has 0 amide bonds. The molecule has 0 aliphatic rings. The number of alkyl halides is 6. The fourth-order valence-corrected chi connectivity index (χ4v) is 1.91. The summed E-state index contributed by atoms with van der Waals surface area (Å²) >= 11 is 0. The minimum absolute atomic E-state index is 0.101. The standard InChI is InChI=1S/C8H5BF6O3.C6H2BF5O3/c10-7(11,12)4-1-5(8(13,14)15)3-6(2-4)18-9(16)17;8-1-2(9)4(11)6(15-7(13)14)5(12)3(1)10/h1-3,16-17H;13-14H. The van der Waals surface area contributed by atoms with Gasteiger partial charge in [0.2, 0.25) is 29.1 Å². The molecule has 2 aromatic rings. The molecule has 0 saturated heterocycles. The van der Waals surface area contributed by atoms with Gasteiger partial charge in [-0.3, -0.25) is 0 Å². The summed E-state index contributed by atoms with van der Waals surface area (Å²) in [5.74, 6) is -14.1. The predicted molar refractivity (Wildman–Crippen MR) is 84.3 cm³/mol. The molecule has 0 atom stereocenters. The van der Waals surface area contributed by atoms with Gasteiger partial charge >= 0.3 is 27.0 Å². The third-order valence-electron chi connectivity index (χ3n) is 3.20. The molecule has 0 saturated carbocycles. The van der Waals surface area contributed by atoms with Crippen LogP contribution >= 0.6 is 0 Å². The summed E-state index contributed by atoms with van der Waals surface area (Å²) in [6, 6.07) is 0.361. The van der Waals surface area contributed by atoms with Crippen LogP contribution < -0.4 is 9.31 Å². The number of hydrogen-bond acceptors (Lipinski definition) is 6. The van der Waals surface area contributed by atoms with Crippen LogP contribution in [0.2, 0.25) is 0 Å². The fourth-order valence-electron chi connectivity index (χ4n) is 1.91. The summed E-state index contributed by atoms with van der Waals surface area (Å²) in [5, 5.41) is 33.1. The maximum atomic E-state index is 12.7. The van der Waals surface area contributed by atoms with E-state index in [0.29, 0.717) is 0 Å². The molecule has 2 aromatic carbocycles. The Kier molecular flexibility index (Phi) is 8.95. The van der Waals surface area contributed by atoms with Crippen LogP contribution in [0.4, 0.5) is 48.3 Å². The SMILES string of the molecule is OB(O)Oc1c(F)c(F)c(F)c(F)c1F.OB(O)Oc1cc(C(F)(F)F)cc(C(F)(F)F)c1. The van der Waals surface area contributed by atoms with Gasteiger partial charge in [0, 0.05) is 0 Å². The quantitative estimate of drug-likeness (QED) is 0.223. The van der Waals surface area contributed by atoms with Gasteiger partial charge < -0.3 is 29.4 Å². The van der Waals surface area contributed by atoms with Crippen LogP contribution in [0.3, 0.4) is 0 Å². The van der Waals surface area contributed by atoms with E-state index in [1.165, 1.54) is 0 Å². The lowest BCUT2D eigenvalue weighted by atomic mass is 10.1. The Bertz CT molecular complexity index is 920. The molecule has 182 valence electrons. The van der Waals surface area contributed by atoms with Crippen molar-refractivity contribution in [2.45, 2.75) is 12.4 Å². The van der Waals surface area contributed by atoms with Crippen molar-refractivity contribution in [2.75, 3.05) is 0 Å². The van der Waals surface area contributed by atoms with E-state index in [-0.39, 0.29) is 18.2 Å². The van der Waals surface area contributed by atoms with Crippen molar-refractivity contribution in [2.24, 2.45) is 0 Å². The van der Waals surface area contributed by atoms with E-state index in [1.54, 1.807) is 0 Å². The molecule has 0 unspecified atom stereocenters. The van der Waals surface area contributed by atoms with Crippen LogP contribution in [0.25, 0.3) is 0 Å². The first kappa shape index (κ1) is 28.3. The predicted octanol–water partition coefficient (Wildman–Crippen LogP) is 2.80. The largest absolute Gasteiger partial charge is 0.707 e. The van der Waals surface area contributed by atoms with Gasteiger partial charge in [-0.15, -0.1) is 0 Å². The third kappa shape index (κ3) is 7.65. The number of hydrogen-bond donors (Lipinski definition) is 4. The molecule has 0 aromatic heterocycles. The molecular formula is C14H7B2F11O6. The maximum Gasteiger partial charge on any atom is 0.707 e. The van der Waals surface area contributed by atoms with Crippen molar-refractivity contribution in [3.63, 3.8) is 0 Å². The number of benzene rings is 2. The minimum atomic E-state index is -5.01. The lowest BCUT2D eigenvalue weighted by Crippen LogP contribution is -2.23. The smallest absolute Gasteiger partial charge is 0.512 e. The van der Waals surface area contributed by atoms with Gasteiger partial charge in [0.15, 0.2) is 5.75 Å². The lowest BCUT2D eigenvalue weighted by Gasteiger charge is -2.14. The highest BCUT2D eigenvalue weighted by atomic mass is 19.4. The van der Waals surface area contributed by atoms with Crippen LogP contribution in [0, 0.1) is 29.1 Å². The summed E-state index contributed by atoms with van der Waals surface area (Å²) in [6.07, 6.45) is -10.0. The van der Waals surface area contributed by atoms with Crippen LogP contribution in [0.15, 0.2) is 18.2 Å². The van der Waals surface area contributed by atoms with Crippen molar-refractivity contribution in [1.82, 2.24) is 0 Å². The second-order valence-electron chi connectivity index (χ2n) is 5.53. The highest BCUT2D eigenvalue weighted by molar-refractivity contribution is 6.34. The van der Waals surface area contributed by atoms with E-state index >= 15 is 0 Å². The Morgan fingerprint density at radius 2 is 0.879 bits per heavy atom. The van der Waals surface area contributed by atoms with Crippen molar-refractivity contribution in [1.29, 1.82) is 0 Å². The van der Waals surface area contributed by atoms with Crippen LogP contribution in [0.5, 0.6) is 11.5 Å². The van der Waals surface area contributed by atoms with E-state index in [4.69, 9.17) is 20.1 Å². The van der Waals surface area contributed by atoms with Gasteiger partial charge in [-0.25, -0.2) is 13.2 Å². The van der Waals surface area contributed by atoms with Crippen molar-refractivity contribution in [3.05, 3.63) is 58.4 Å². The van der Waals surface area contributed by atoms with Gasteiger partial charge in [0.25, 0.3) is 0 Å². The van der Waals surface area contributed by atoms with Crippen molar-refractivity contribution < 1.29 is 77.7 Å². The highest BCUT2D eigenvalue weighted by Gasteiger charge is 2.37. The maximum absolute atomic E-state index is 12.7. The van der Waals surface area contributed by atoms with E-state index in [9.17, 15) is 48.3 Å². The summed E-state index contributed by atoms with van der Waals surface area (Å²) in [4.78, 5) is 0. The molecule has 0 heterocycles. The topological polar surface area (TPSA) is 99.4 Å². The van der Waals surface area contributed by atoms with Crippen LogP contribution in [0.1, 0.15) is 11.1 Å². The number of rotatable bonds is 4. The monoisotopic (exact) mass is 502 g/mol. The molecule has 0 spiro atoms.